The van der Waals surface area contributed by atoms with Crippen LogP contribution in [0.3, 0.4) is 0 Å². The minimum Gasteiger partial charge on any atom is -0.394 e. The van der Waals surface area contributed by atoms with Crippen molar-refractivity contribution in [2.75, 3.05) is 6.61 Å². The van der Waals surface area contributed by atoms with Gasteiger partial charge in [-0.15, -0.1) is 0 Å². The van der Waals surface area contributed by atoms with Gasteiger partial charge < -0.3 is 15.0 Å². The Morgan fingerprint density at radius 1 is 1.40 bits per heavy atom. The topological polar surface area (TPSA) is 54.3 Å². The number of aromatic nitrogens is 1. The lowest BCUT2D eigenvalue weighted by Gasteiger charge is -2.26. The number of carbonyl (C=O) groups excluding carboxylic acids is 1. The van der Waals surface area contributed by atoms with Crippen LogP contribution >= 0.6 is 0 Å². The maximum Gasteiger partial charge on any atom is 0.253 e. The fraction of sp³-hybridized carbons (Fsp3) is 0.688. The van der Waals surface area contributed by atoms with Crippen molar-refractivity contribution in [1.82, 2.24) is 9.88 Å². The molecule has 2 rings (SSSR count). The van der Waals surface area contributed by atoms with Gasteiger partial charge in [0.1, 0.15) is 0 Å². The van der Waals surface area contributed by atoms with Gasteiger partial charge in [0.25, 0.3) is 5.91 Å². The third-order valence-corrected chi connectivity index (χ3v) is 4.32. The third kappa shape index (κ3) is 3.06. The van der Waals surface area contributed by atoms with E-state index in [1.54, 1.807) is 6.92 Å². The minimum absolute atomic E-state index is 0.0346. The summed E-state index contributed by atoms with van der Waals surface area (Å²) in [5.74, 6) is -0.0818. The normalized spacial score (nSPS) is 18.0. The maximum atomic E-state index is 12.2. The Hall–Kier alpha value is -1.29. The van der Waals surface area contributed by atoms with Gasteiger partial charge in [-0.3, -0.25) is 4.79 Å². The summed E-state index contributed by atoms with van der Waals surface area (Å²) in [6.07, 6.45) is 6.32. The quantitative estimate of drug-likeness (QED) is 0.889. The van der Waals surface area contributed by atoms with Gasteiger partial charge >= 0.3 is 0 Å². The number of aliphatic hydroxyl groups excluding tert-OH is 1. The van der Waals surface area contributed by atoms with E-state index in [-0.39, 0.29) is 18.6 Å². The van der Waals surface area contributed by atoms with E-state index in [0.29, 0.717) is 6.04 Å². The number of amides is 1. The van der Waals surface area contributed by atoms with Gasteiger partial charge in [-0.25, -0.2) is 0 Å². The molecule has 0 bridgehead atoms. The van der Waals surface area contributed by atoms with Crippen LogP contribution in [-0.4, -0.2) is 28.2 Å². The van der Waals surface area contributed by atoms with Gasteiger partial charge in [0, 0.05) is 23.5 Å². The van der Waals surface area contributed by atoms with E-state index in [1.807, 2.05) is 13.0 Å². The van der Waals surface area contributed by atoms with Crippen molar-refractivity contribution in [3.8, 4) is 0 Å². The number of hydrogen-bond acceptors (Lipinski definition) is 2. The van der Waals surface area contributed by atoms with Crippen LogP contribution in [0.5, 0.6) is 0 Å². The smallest absolute Gasteiger partial charge is 0.253 e. The average Bonchev–Trinajstić information content (AvgIpc) is 2.75. The van der Waals surface area contributed by atoms with Crippen molar-refractivity contribution in [3.63, 3.8) is 0 Å². The first-order valence-corrected chi connectivity index (χ1v) is 7.64. The third-order valence-electron chi connectivity index (χ3n) is 4.32. The molecule has 0 radical (unpaired) electrons. The van der Waals surface area contributed by atoms with Gasteiger partial charge in [0.05, 0.1) is 12.2 Å². The highest BCUT2D eigenvalue weighted by molar-refractivity contribution is 5.95. The molecule has 1 atom stereocenters. The van der Waals surface area contributed by atoms with Crippen LogP contribution in [0, 0.1) is 13.8 Å². The number of rotatable bonds is 4. The molecule has 0 saturated heterocycles. The first-order valence-electron chi connectivity index (χ1n) is 7.64. The molecule has 2 N–H and O–H groups in total. The Kier molecular flexibility index (Phi) is 4.86. The lowest BCUT2D eigenvalue weighted by Crippen LogP contribution is -2.35. The molecule has 1 heterocycles. The number of nitrogens with one attached hydrogen (secondary N) is 1. The Balaban J connectivity index is 2.21. The lowest BCUT2D eigenvalue weighted by atomic mass is 9.95. The molecular weight excluding hydrogens is 252 g/mol. The summed E-state index contributed by atoms with van der Waals surface area (Å²) >= 11 is 0. The molecule has 1 fully saturated rings. The first-order chi connectivity index (χ1) is 9.54. The Labute approximate surface area is 121 Å². The van der Waals surface area contributed by atoms with E-state index < -0.39 is 0 Å². The molecule has 0 unspecified atom stereocenters. The molecule has 0 aliphatic heterocycles. The highest BCUT2D eigenvalue weighted by Gasteiger charge is 2.22. The van der Waals surface area contributed by atoms with E-state index in [2.05, 4.69) is 16.8 Å². The molecule has 1 saturated carbocycles. The molecule has 20 heavy (non-hydrogen) atoms. The van der Waals surface area contributed by atoms with Crippen molar-refractivity contribution < 1.29 is 9.90 Å². The van der Waals surface area contributed by atoms with Crippen molar-refractivity contribution in [2.24, 2.45) is 0 Å². The molecule has 1 aliphatic carbocycles. The SMILES string of the molecule is Cc1cc(C(=O)N[C@H](C)CO)c(C)n1C1CCCCC1. The minimum atomic E-state index is -0.208. The fourth-order valence-electron chi connectivity index (χ4n) is 3.26. The lowest BCUT2D eigenvalue weighted by molar-refractivity contribution is 0.0921. The largest absolute Gasteiger partial charge is 0.394 e. The van der Waals surface area contributed by atoms with Crippen LogP contribution in [0.4, 0.5) is 0 Å². The monoisotopic (exact) mass is 278 g/mol. The summed E-state index contributed by atoms with van der Waals surface area (Å²) in [5.41, 5.74) is 2.96. The van der Waals surface area contributed by atoms with Crippen molar-refractivity contribution in [1.29, 1.82) is 0 Å². The molecule has 1 aromatic heterocycles. The van der Waals surface area contributed by atoms with Gasteiger partial charge in [-0.1, -0.05) is 19.3 Å². The van der Waals surface area contributed by atoms with Gasteiger partial charge in [-0.2, -0.15) is 0 Å². The number of nitrogens with zero attached hydrogens (tertiary/aromatic N) is 1. The zero-order valence-electron chi connectivity index (χ0n) is 12.8. The summed E-state index contributed by atoms with van der Waals surface area (Å²) in [7, 11) is 0. The summed E-state index contributed by atoms with van der Waals surface area (Å²) in [5, 5.41) is 11.9. The standard InChI is InChI=1S/C16H26N2O2/c1-11(10-19)17-16(20)15-9-12(2)18(13(15)3)14-7-5-4-6-8-14/h9,11,14,19H,4-8,10H2,1-3H3,(H,17,20)/t11-/m1/s1. The van der Waals surface area contributed by atoms with Crippen LogP contribution in [0.1, 0.15) is 66.8 Å². The van der Waals surface area contributed by atoms with Crippen LogP contribution in [-0.2, 0) is 0 Å². The van der Waals surface area contributed by atoms with E-state index in [9.17, 15) is 4.79 Å². The van der Waals surface area contributed by atoms with Crippen LogP contribution < -0.4 is 5.32 Å². The predicted molar refractivity (Wildman–Crippen MR) is 80.0 cm³/mol. The van der Waals surface area contributed by atoms with Gasteiger partial charge in [0.15, 0.2) is 0 Å². The Morgan fingerprint density at radius 3 is 2.65 bits per heavy atom. The number of carbonyl (C=O) groups is 1. The molecule has 112 valence electrons. The zero-order valence-corrected chi connectivity index (χ0v) is 12.8. The van der Waals surface area contributed by atoms with Crippen molar-refractivity contribution >= 4 is 5.91 Å². The van der Waals surface area contributed by atoms with Crippen LogP contribution in [0.25, 0.3) is 0 Å². The maximum absolute atomic E-state index is 12.2. The summed E-state index contributed by atoms with van der Waals surface area (Å²) in [6.45, 7) is 5.87. The first kappa shape index (κ1) is 15.1. The molecule has 1 aliphatic rings. The number of aryl methyl sites for hydroxylation is 1. The zero-order chi connectivity index (χ0) is 14.7. The summed E-state index contributed by atoms with van der Waals surface area (Å²) < 4.78 is 2.33. The second-order valence-corrected chi connectivity index (χ2v) is 6.00. The molecular formula is C16H26N2O2. The number of hydrogen-bond donors (Lipinski definition) is 2. The van der Waals surface area contributed by atoms with E-state index in [4.69, 9.17) is 5.11 Å². The second-order valence-electron chi connectivity index (χ2n) is 6.00. The predicted octanol–water partition coefficient (Wildman–Crippen LogP) is 2.72. The van der Waals surface area contributed by atoms with E-state index in [0.717, 1.165) is 17.0 Å². The summed E-state index contributed by atoms with van der Waals surface area (Å²) in [6, 6.07) is 2.31. The molecule has 1 aromatic rings. The van der Waals surface area contributed by atoms with Gasteiger partial charge in [0.2, 0.25) is 0 Å². The highest BCUT2D eigenvalue weighted by Crippen LogP contribution is 2.32. The second kappa shape index (κ2) is 6.44. The van der Waals surface area contributed by atoms with Crippen molar-refractivity contribution in [3.05, 3.63) is 23.0 Å². The van der Waals surface area contributed by atoms with E-state index >= 15 is 0 Å². The number of aliphatic hydroxyl groups is 1. The van der Waals surface area contributed by atoms with Crippen LogP contribution in [0.15, 0.2) is 6.07 Å². The molecule has 0 aromatic carbocycles. The summed E-state index contributed by atoms with van der Waals surface area (Å²) in [4.78, 5) is 12.2. The Bertz CT molecular complexity index is 473. The molecule has 4 heteroatoms. The van der Waals surface area contributed by atoms with Crippen LogP contribution in [0.2, 0.25) is 0 Å². The van der Waals surface area contributed by atoms with Crippen molar-refractivity contribution in [2.45, 2.75) is 65.0 Å². The fourth-order valence-corrected chi connectivity index (χ4v) is 3.26. The highest BCUT2D eigenvalue weighted by atomic mass is 16.3. The van der Waals surface area contributed by atoms with E-state index in [1.165, 1.54) is 32.1 Å². The van der Waals surface area contributed by atoms with Gasteiger partial charge in [-0.05, 0) is 39.7 Å². The molecule has 0 spiro atoms. The molecule has 4 nitrogen and oxygen atoms in total. The Morgan fingerprint density at radius 2 is 2.05 bits per heavy atom. The average molecular weight is 278 g/mol. The molecule has 1 amide bonds.